The Morgan fingerprint density at radius 3 is 2.40 bits per heavy atom. The molecular formula is C22H28O3. The number of hydrogen-bond donors (Lipinski definition) is 3. The highest BCUT2D eigenvalue weighted by Crippen LogP contribution is 2.33. The third kappa shape index (κ3) is 5.02. The molecule has 3 N–H and O–H groups in total. The predicted molar refractivity (Wildman–Crippen MR) is 103 cm³/mol. The van der Waals surface area contributed by atoms with Gasteiger partial charge in [0.15, 0.2) is 11.5 Å². The number of benzene rings is 2. The lowest BCUT2D eigenvalue weighted by atomic mass is 9.97. The summed E-state index contributed by atoms with van der Waals surface area (Å²) >= 11 is 0. The number of aryl methyl sites for hydroxylation is 1. The van der Waals surface area contributed by atoms with Gasteiger partial charge in [0.05, 0.1) is 0 Å². The van der Waals surface area contributed by atoms with E-state index in [0.29, 0.717) is 17.9 Å². The molecule has 25 heavy (non-hydrogen) atoms. The van der Waals surface area contributed by atoms with Gasteiger partial charge in [-0.25, -0.2) is 0 Å². The lowest BCUT2D eigenvalue weighted by Crippen LogP contribution is -1.92. The highest BCUT2D eigenvalue weighted by molar-refractivity contribution is 5.69. The van der Waals surface area contributed by atoms with Gasteiger partial charge in [-0.1, -0.05) is 38.1 Å². The van der Waals surface area contributed by atoms with Crippen molar-refractivity contribution in [2.75, 3.05) is 0 Å². The molecule has 0 atom stereocenters. The highest BCUT2D eigenvalue weighted by Gasteiger charge is 2.10. The van der Waals surface area contributed by atoms with E-state index >= 15 is 0 Å². The molecule has 2 rings (SSSR count). The summed E-state index contributed by atoms with van der Waals surface area (Å²) in [5, 5.41) is 30.1. The van der Waals surface area contributed by atoms with Crippen LogP contribution in [0.3, 0.4) is 0 Å². The first-order chi connectivity index (χ1) is 11.8. The first-order valence-electron chi connectivity index (χ1n) is 8.78. The lowest BCUT2D eigenvalue weighted by molar-refractivity contribution is 0.399. The van der Waals surface area contributed by atoms with E-state index in [-0.39, 0.29) is 17.2 Å². The van der Waals surface area contributed by atoms with Gasteiger partial charge in [-0.3, -0.25) is 0 Å². The fourth-order valence-electron chi connectivity index (χ4n) is 2.95. The van der Waals surface area contributed by atoms with E-state index in [2.05, 4.69) is 19.9 Å². The second-order valence-electron chi connectivity index (χ2n) is 7.18. The number of phenolic OH excluding ortho intramolecular Hbond substituents is 3. The highest BCUT2D eigenvalue weighted by atomic mass is 16.3. The summed E-state index contributed by atoms with van der Waals surface area (Å²) in [6.45, 7) is 8.29. The number of hydrogen-bond acceptors (Lipinski definition) is 3. The fourth-order valence-corrected chi connectivity index (χ4v) is 2.95. The zero-order valence-electron chi connectivity index (χ0n) is 15.5. The standard InChI is InChI=1S/C22H28O3/c1-14(2)6-5-7-16(4)19-9-8-17(13-20(19)23)12-18-10-15(3)11-21(24)22(18)25/h7-11,13-14,23-25H,5-6,12H2,1-4H3/b16-7+. The zero-order valence-corrected chi connectivity index (χ0v) is 15.5. The Morgan fingerprint density at radius 2 is 1.76 bits per heavy atom. The summed E-state index contributed by atoms with van der Waals surface area (Å²) in [4.78, 5) is 0. The monoisotopic (exact) mass is 340 g/mol. The van der Waals surface area contributed by atoms with Crippen molar-refractivity contribution in [1.29, 1.82) is 0 Å². The van der Waals surface area contributed by atoms with Crippen LogP contribution in [0.25, 0.3) is 5.57 Å². The molecule has 0 saturated carbocycles. The quantitative estimate of drug-likeness (QED) is 0.605. The van der Waals surface area contributed by atoms with Crippen LogP contribution in [0.4, 0.5) is 0 Å². The SMILES string of the molecule is C/C(=C\CCC(C)C)c1ccc(Cc2cc(C)cc(O)c2O)cc1O. The molecule has 0 saturated heterocycles. The molecule has 3 heteroatoms. The van der Waals surface area contributed by atoms with Gasteiger partial charge in [0.1, 0.15) is 5.75 Å². The maximum absolute atomic E-state index is 10.4. The van der Waals surface area contributed by atoms with E-state index < -0.39 is 0 Å². The van der Waals surface area contributed by atoms with Gasteiger partial charge in [-0.2, -0.15) is 0 Å². The van der Waals surface area contributed by atoms with Crippen LogP contribution in [-0.4, -0.2) is 15.3 Å². The van der Waals surface area contributed by atoms with Crippen molar-refractivity contribution in [2.45, 2.75) is 47.0 Å². The normalized spacial score (nSPS) is 12.0. The minimum Gasteiger partial charge on any atom is -0.507 e. The molecule has 0 aromatic heterocycles. The summed E-state index contributed by atoms with van der Waals surface area (Å²) in [5.74, 6) is 0.698. The Morgan fingerprint density at radius 1 is 1.04 bits per heavy atom. The molecule has 0 radical (unpaired) electrons. The smallest absolute Gasteiger partial charge is 0.161 e. The van der Waals surface area contributed by atoms with Crippen molar-refractivity contribution in [3.63, 3.8) is 0 Å². The van der Waals surface area contributed by atoms with Crippen LogP contribution in [0.5, 0.6) is 17.2 Å². The predicted octanol–water partition coefficient (Wildman–Crippen LogP) is 5.54. The van der Waals surface area contributed by atoms with E-state index in [1.165, 1.54) is 6.07 Å². The van der Waals surface area contributed by atoms with E-state index in [0.717, 1.165) is 35.1 Å². The molecule has 0 fully saturated rings. The van der Waals surface area contributed by atoms with Crippen molar-refractivity contribution in [3.05, 3.63) is 58.7 Å². The van der Waals surface area contributed by atoms with E-state index in [1.807, 2.05) is 32.0 Å². The van der Waals surface area contributed by atoms with E-state index in [9.17, 15) is 15.3 Å². The van der Waals surface area contributed by atoms with Crippen LogP contribution in [-0.2, 0) is 6.42 Å². The molecule has 3 nitrogen and oxygen atoms in total. The van der Waals surface area contributed by atoms with Gasteiger partial charge in [-0.05, 0) is 61.4 Å². The fraction of sp³-hybridized carbons (Fsp3) is 0.364. The summed E-state index contributed by atoms with van der Waals surface area (Å²) in [7, 11) is 0. The molecule has 0 amide bonds. The lowest BCUT2D eigenvalue weighted by Gasteiger charge is -2.11. The first kappa shape index (κ1) is 18.9. The second-order valence-corrected chi connectivity index (χ2v) is 7.18. The average molecular weight is 340 g/mol. The maximum atomic E-state index is 10.4. The molecule has 2 aromatic carbocycles. The Kier molecular flexibility index (Phi) is 6.13. The minimum absolute atomic E-state index is 0.0982. The Hall–Kier alpha value is -2.42. The molecule has 0 unspecified atom stereocenters. The van der Waals surface area contributed by atoms with Crippen LogP contribution in [0.15, 0.2) is 36.4 Å². The van der Waals surface area contributed by atoms with Gasteiger partial charge in [-0.15, -0.1) is 0 Å². The van der Waals surface area contributed by atoms with Crippen molar-refractivity contribution in [2.24, 2.45) is 5.92 Å². The van der Waals surface area contributed by atoms with Gasteiger partial charge in [0, 0.05) is 17.5 Å². The summed E-state index contributed by atoms with van der Waals surface area (Å²) in [6.07, 6.45) is 4.75. The summed E-state index contributed by atoms with van der Waals surface area (Å²) in [6, 6.07) is 8.97. The third-order valence-electron chi connectivity index (χ3n) is 4.39. The number of rotatable bonds is 6. The Balaban J connectivity index is 2.20. The summed E-state index contributed by atoms with van der Waals surface area (Å²) in [5.41, 5.74) is 4.32. The van der Waals surface area contributed by atoms with Crippen LogP contribution in [0.2, 0.25) is 0 Å². The molecule has 2 aromatic rings. The first-order valence-corrected chi connectivity index (χ1v) is 8.78. The Bertz CT molecular complexity index is 773. The zero-order chi connectivity index (χ0) is 18.6. The average Bonchev–Trinajstić information content (AvgIpc) is 2.51. The van der Waals surface area contributed by atoms with Crippen LogP contribution in [0.1, 0.15) is 55.9 Å². The van der Waals surface area contributed by atoms with Crippen LogP contribution >= 0.6 is 0 Å². The molecule has 0 spiro atoms. The Labute approximate surface area is 150 Å². The van der Waals surface area contributed by atoms with Gasteiger partial charge < -0.3 is 15.3 Å². The van der Waals surface area contributed by atoms with Gasteiger partial charge in [0.2, 0.25) is 0 Å². The third-order valence-corrected chi connectivity index (χ3v) is 4.39. The molecule has 0 aliphatic heterocycles. The van der Waals surface area contributed by atoms with Crippen LogP contribution < -0.4 is 0 Å². The number of aromatic hydroxyl groups is 3. The summed E-state index contributed by atoms with van der Waals surface area (Å²) < 4.78 is 0. The number of phenols is 3. The topological polar surface area (TPSA) is 60.7 Å². The molecule has 0 aliphatic carbocycles. The molecular weight excluding hydrogens is 312 g/mol. The van der Waals surface area contributed by atoms with Crippen LogP contribution in [0, 0.1) is 12.8 Å². The van der Waals surface area contributed by atoms with E-state index in [1.54, 1.807) is 6.07 Å². The molecule has 0 bridgehead atoms. The number of allylic oxidation sites excluding steroid dienone is 2. The maximum Gasteiger partial charge on any atom is 0.161 e. The minimum atomic E-state index is -0.111. The van der Waals surface area contributed by atoms with Crippen molar-refractivity contribution in [1.82, 2.24) is 0 Å². The van der Waals surface area contributed by atoms with Crippen molar-refractivity contribution < 1.29 is 15.3 Å². The van der Waals surface area contributed by atoms with Gasteiger partial charge in [0.25, 0.3) is 0 Å². The largest absolute Gasteiger partial charge is 0.507 e. The molecule has 0 heterocycles. The van der Waals surface area contributed by atoms with E-state index in [4.69, 9.17) is 0 Å². The second kappa shape index (κ2) is 8.11. The van der Waals surface area contributed by atoms with Crippen molar-refractivity contribution >= 4 is 5.57 Å². The van der Waals surface area contributed by atoms with Gasteiger partial charge >= 0.3 is 0 Å². The van der Waals surface area contributed by atoms with Crippen molar-refractivity contribution in [3.8, 4) is 17.2 Å². The molecule has 134 valence electrons. The molecule has 0 aliphatic rings.